The second kappa shape index (κ2) is 5.89. The second-order valence-corrected chi connectivity index (χ2v) is 7.65. The molecule has 2 aromatic rings. The third kappa shape index (κ3) is 3.85. The van der Waals surface area contributed by atoms with Crippen LogP contribution >= 0.6 is 0 Å². The number of rotatable bonds is 5. The number of imidazole rings is 1. The fraction of sp³-hybridized carbons (Fsp3) is 0.500. The van der Waals surface area contributed by atoms with Crippen molar-refractivity contribution in [2.75, 3.05) is 12.4 Å². The van der Waals surface area contributed by atoms with Crippen LogP contribution < -0.4 is 9.88 Å². The van der Waals surface area contributed by atoms with Crippen LogP contribution in [0.15, 0.2) is 24.5 Å². The van der Waals surface area contributed by atoms with E-state index in [2.05, 4.69) is 10.1 Å². The van der Waals surface area contributed by atoms with E-state index >= 15 is 0 Å². The molecule has 0 bridgehead atoms. The van der Waals surface area contributed by atoms with Gasteiger partial charge in [-0.05, 0) is 18.9 Å². The molecule has 0 atom stereocenters. The van der Waals surface area contributed by atoms with E-state index in [1.54, 1.807) is 29.0 Å². The number of aromatic nitrogens is 3. The number of ether oxygens (including phenoxy) is 1. The largest absolute Gasteiger partial charge is 0.476 e. The SMILES string of the molecule is NS(=O)(=O)CC1(COc2ccc3nccn3n2)CCC(=O)CC1. The number of ketones is 1. The zero-order chi connectivity index (χ0) is 16.5. The summed E-state index contributed by atoms with van der Waals surface area (Å²) in [7, 11) is -3.66. The van der Waals surface area contributed by atoms with Gasteiger partial charge in [0.05, 0.1) is 12.4 Å². The maximum atomic E-state index is 11.5. The highest BCUT2D eigenvalue weighted by Gasteiger charge is 2.39. The van der Waals surface area contributed by atoms with E-state index in [-0.39, 0.29) is 18.1 Å². The Hall–Kier alpha value is -2.00. The standard InChI is InChI=1S/C14H18N4O4S/c15-23(20,21)10-14(5-3-11(19)4-6-14)9-22-13-2-1-12-16-7-8-18(12)17-13/h1-2,7-8H,3-6,9-10H2,(H2,15,20,21). The van der Waals surface area contributed by atoms with Crippen LogP contribution in [0.4, 0.5) is 0 Å². The van der Waals surface area contributed by atoms with Crippen LogP contribution in [0.5, 0.6) is 5.88 Å². The lowest BCUT2D eigenvalue weighted by atomic mass is 9.76. The Morgan fingerprint density at radius 3 is 2.74 bits per heavy atom. The first-order chi connectivity index (χ1) is 10.9. The summed E-state index contributed by atoms with van der Waals surface area (Å²) in [5.74, 6) is 0.329. The number of hydrogen-bond donors (Lipinski definition) is 1. The van der Waals surface area contributed by atoms with Crippen LogP contribution in [-0.4, -0.2) is 41.2 Å². The minimum Gasteiger partial charge on any atom is -0.476 e. The van der Waals surface area contributed by atoms with Crippen molar-refractivity contribution in [2.45, 2.75) is 25.7 Å². The van der Waals surface area contributed by atoms with E-state index in [0.29, 0.717) is 37.2 Å². The number of nitrogens with zero attached hydrogens (tertiary/aromatic N) is 3. The first-order valence-electron chi connectivity index (χ1n) is 7.31. The van der Waals surface area contributed by atoms with E-state index in [1.807, 2.05) is 0 Å². The van der Waals surface area contributed by atoms with Gasteiger partial charge in [-0.25, -0.2) is 23.1 Å². The first kappa shape index (κ1) is 15.9. The van der Waals surface area contributed by atoms with Crippen molar-refractivity contribution < 1.29 is 17.9 Å². The Kier molecular flexibility index (Phi) is 4.07. The molecule has 0 aromatic carbocycles. The highest BCUT2D eigenvalue weighted by Crippen LogP contribution is 2.36. The van der Waals surface area contributed by atoms with Gasteiger partial charge in [0, 0.05) is 36.7 Å². The highest BCUT2D eigenvalue weighted by molar-refractivity contribution is 7.89. The Balaban J connectivity index is 1.76. The Morgan fingerprint density at radius 1 is 1.30 bits per heavy atom. The van der Waals surface area contributed by atoms with Crippen LogP contribution in [0.1, 0.15) is 25.7 Å². The topological polar surface area (TPSA) is 117 Å². The molecule has 2 heterocycles. The third-order valence-electron chi connectivity index (χ3n) is 4.13. The molecular formula is C14H18N4O4S. The number of carbonyl (C=O) groups excluding carboxylic acids is 1. The van der Waals surface area contributed by atoms with Crippen LogP contribution in [0.25, 0.3) is 5.65 Å². The average molecular weight is 338 g/mol. The van der Waals surface area contributed by atoms with Crippen molar-refractivity contribution in [1.82, 2.24) is 14.6 Å². The summed E-state index contributed by atoms with van der Waals surface area (Å²) in [6.07, 6.45) is 4.94. The van der Waals surface area contributed by atoms with Crippen molar-refractivity contribution in [3.63, 3.8) is 0 Å². The lowest BCUT2D eigenvalue weighted by Crippen LogP contribution is -2.41. The molecule has 0 aliphatic heterocycles. The van der Waals surface area contributed by atoms with Crippen molar-refractivity contribution in [3.05, 3.63) is 24.5 Å². The quantitative estimate of drug-likeness (QED) is 0.850. The van der Waals surface area contributed by atoms with Gasteiger partial charge in [0.15, 0.2) is 5.65 Å². The fourth-order valence-corrected chi connectivity index (χ4v) is 4.14. The number of fused-ring (bicyclic) bond motifs is 1. The molecule has 0 spiro atoms. The normalized spacial score (nSPS) is 18.2. The Bertz CT molecular complexity index is 820. The van der Waals surface area contributed by atoms with E-state index in [0.717, 1.165) is 0 Å². The molecule has 0 unspecified atom stereocenters. The molecule has 1 fully saturated rings. The summed E-state index contributed by atoms with van der Waals surface area (Å²) in [5.41, 5.74) is 0.0486. The molecule has 0 saturated heterocycles. The minimum atomic E-state index is -3.66. The van der Waals surface area contributed by atoms with E-state index in [4.69, 9.17) is 9.88 Å². The molecule has 3 rings (SSSR count). The molecule has 2 N–H and O–H groups in total. The molecule has 0 radical (unpaired) electrons. The number of carbonyl (C=O) groups is 1. The molecular weight excluding hydrogens is 320 g/mol. The minimum absolute atomic E-state index is 0.146. The van der Waals surface area contributed by atoms with Crippen LogP contribution in [0, 0.1) is 5.41 Å². The van der Waals surface area contributed by atoms with Crippen molar-refractivity contribution in [1.29, 1.82) is 0 Å². The molecule has 1 saturated carbocycles. The average Bonchev–Trinajstić information content (AvgIpc) is 2.94. The van der Waals surface area contributed by atoms with Gasteiger partial charge in [-0.2, -0.15) is 0 Å². The first-order valence-corrected chi connectivity index (χ1v) is 9.02. The van der Waals surface area contributed by atoms with Gasteiger partial charge in [-0.1, -0.05) is 0 Å². The summed E-state index contributed by atoms with van der Waals surface area (Å²) < 4.78 is 30.4. The molecule has 124 valence electrons. The number of Topliss-reactive ketones (excluding diaryl/α,β-unsaturated/α-hetero) is 1. The van der Waals surface area contributed by atoms with Crippen LogP contribution in [0.3, 0.4) is 0 Å². The van der Waals surface area contributed by atoms with Gasteiger partial charge in [-0.3, -0.25) is 4.79 Å². The van der Waals surface area contributed by atoms with E-state index < -0.39 is 15.4 Å². The van der Waals surface area contributed by atoms with E-state index in [9.17, 15) is 13.2 Å². The molecule has 8 nitrogen and oxygen atoms in total. The predicted octanol–water partition coefficient (Wildman–Crippen LogP) is 0.526. The number of sulfonamides is 1. The highest BCUT2D eigenvalue weighted by atomic mass is 32.2. The molecule has 2 aromatic heterocycles. The van der Waals surface area contributed by atoms with Gasteiger partial charge in [0.2, 0.25) is 15.9 Å². The number of hydrogen-bond acceptors (Lipinski definition) is 6. The smallest absolute Gasteiger partial charge is 0.231 e. The Labute approximate surface area is 133 Å². The summed E-state index contributed by atoms with van der Waals surface area (Å²) in [4.78, 5) is 15.6. The molecule has 1 aliphatic rings. The van der Waals surface area contributed by atoms with Crippen molar-refractivity contribution >= 4 is 21.5 Å². The van der Waals surface area contributed by atoms with Gasteiger partial charge < -0.3 is 4.74 Å². The predicted molar refractivity (Wildman–Crippen MR) is 82.4 cm³/mol. The monoisotopic (exact) mass is 338 g/mol. The third-order valence-corrected chi connectivity index (χ3v) is 5.15. The number of primary sulfonamides is 1. The van der Waals surface area contributed by atoms with Crippen LogP contribution in [0.2, 0.25) is 0 Å². The molecule has 1 aliphatic carbocycles. The van der Waals surface area contributed by atoms with E-state index in [1.165, 1.54) is 0 Å². The van der Waals surface area contributed by atoms with Gasteiger partial charge in [-0.15, -0.1) is 5.10 Å². The maximum Gasteiger partial charge on any atom is 0.231 e. The summed E-state index contributed by atoms with van der Waals surface area (Å²) in [5, 5.41) is 9.47. The lowest BCUT2D eigenvalue weighted by molar-refractivity contribution is -0.122. The maximum absolute atomic E-state index is 11.5. The fourth-order valence-electron chi connectivity index (χ4n) is 2.92. The summed E-state index contributed by atoms with van der Waals surface area (Å²) in [6.45, 7) is 0.157. The van der Waals surface area contributed by atoms with Gasteiger partial charge >= 0.3 is 0 Å². The zero-order valence-corrected chi connectivity index (χ0v) is 13.3. The Morgan fingerprint density at radius 2 is 2.04 bits per heavy atom. The summed E-state index contributed by atoms with van der Waals surface area (Å²) in [6, 6.07) is 3.44. The number of nitrogens with two attached hydrogens (primary N) is 1. The van der Waals surface area contributed by atoms with Crippen molar-refractivity contribution in [3.8, 4) is 5.88 Å². The van der Waals surface area contributed by atoms with Gasteiger partial charge in [0.25, 0.3) is 0 Å². The second-order valence-electron chi connectivity index (χ2n) is 6.04. The van der Waals surface area contributed by atoms with Gasteiger partial charge in [0.1, 0.15) is 5.78 Å². The lowest BCUT2D eigenvalue weighted by Gasteiger charge is -2.35. The van der Waals surface area contributed by atoms with Crippen LogP contribution in [-0.2, 0) is 14.8 Å². The molecule has 0 amide bonds. The molecule has 9 heteroatoms. The zero-order valence-electron chi connectivity index (χ0n) is 12.5. The summed E-state index contributed by atoms with van der Waals surface area (Å²) >= 11 is 0. The molecule has 23 heavy (non-hydrogen) atoms. The van der Waals surface area contributed by atoms with Crippen molar-refractivity contribution in [2.24, 2.45) is 10.6 Å².